The number of aliphatic carboxylic acids is 1. The average molecular weight is 201 g/mol. The van der Waals surface area contributed by atoms with E-state index in [1.165, 1.54) is 0 Å². The molecule has 1 fully saturated rings. The standard InChI is InChI=1S/C10H19NO3/c1-3-11-10(7-9(12)13)5-8(6-10)14-4-2/h8,11H,3-7H2,1-2H3,(H,12,13). The molecule has 0 aromatic carbocycles. The molecule has 0 amide bonds. The minimum Gasteiger partial charge on any atom is -0.481 e. The number of hydrogen-bond donors (Lipinski definition) is 2. The van der Waals surface area contributed by atoms with Gasteiger partial charge in [0.15, 0.2) is 0 Å². The van der Waals surface area contributed by atoms with Gasteiger partial charge in [0, 0.05) is 12.1 Å². The van der Waals surface area contributed by atoms with Crippen LogP contribution in [0.1, 0.15) is 33.1 Å². The van der Waals surface area contributed by atoms with Crippen molar-refractivity contribution in [2.75, 3.05) is 13.2 Å². The summed E-state index contributed by atoms with van der Waals surface area (Å²) in [6.07, 6.45) is 2.09. The largest absolute Gasteiger partial charge is 0.481 e. The summed E-state index contributed by atoms with van der Waals surface area (Å²) in [6.45, 7) is 5.48. The smallest absolute Gasteiger partial charge is 0.305 e. The molecule has 1 aliphatic carbocycles. The number of ether oxygens (including phenoxy) is 1. The Labute approximate surface area is 84.6 Å². The van der Waals surface area contributed by atoms with Crippen molar-refractivity contribution >= 4 is 5.97 Å². The van der Waals surface area contributed by atoms with E-state index in [-0.39, 0.29) is 18.1 Å². The van der Waals surface area contributed by atoms with E-state index in [0.29, 0.717) is 6.61 Å². The Bertz CT molecular complexity index is 200. The fraction of sp³-hybridized carbons (Fsp3) is 0.900. The van der Waals surface area contributed by atoms with E-state index in [0.717, 1.165) is 19.4 Å². The zero-order valence-corrected chi connectivity index (χ0v) is 8.88. The molecule has 0 unspecified atom stereocenters. The van der Waals surface area contributed by atoms with E-state index in [4.69, 9.17) is 9.84 Å². The molecule has 4 heteroatoms. The third-order valence-electron chi connectivity index (χ3n) is 2.68. The van der Waals surface area contributed by atoms with Gasteiger partial charge in [-0.25, -0.2) is 0 Å². The van der Waals surface area contributed by atoms with Crippen molar-refractivity contribution in [1.29, 1.82) is 0 Å². The molecule has 1 saturated carbocycles. The lowest BCUT2D eigenvalue weighted by atomic mass is 9.72. The summed E-state index contributed by atoms with van der Waals surface area (Å²) in [7, 11) is 0. The zero-order valence-electron chi connectivity index (χ0n) is 8.88. The molecule has 1 rings (SSSR count). The summed E-state index contributed by atoms with van der Waals surface area (Å²) < 4.78 is 5.43. The highest BCUT2D eigenvalue weighted by molar-refractivity contribution is 5.68. The van der Waals surface area contributed by atoms with Crippen molar-refractivity contribution in [3.05, 3.63) is 0 Å². The van der Waals surface area contributed by atoms with Gasteiger partial charge in [0.2, 0.25) is 0 Å². The van der Waals surface area contributed by atoms with Crippen LogP contribution < -0.4 is 5.32 Å². The maximum atomic E-state index is 10.7. The number of carboxylic acid groups (broad SMARTS) is 1. The maximum Gasteiger partial charge on any atom is 0.305 e. The van der Waals surface area contributed by atoms with Crippen molar-refractivity contribution in [3.63, 3.8) is 0 Å². The predicted octanol–water partition coefficient (Wildman–Crippen LogP) is 1.01. The number of rotatable bonds is 6. The topological polar surface area (TPSA) is 58.6 Å². The first kappa shape index (κ1) is 11.5. The molecule has 0 heterocycles. The Balaban J connectivity index is 2.40. The van der Waals surface area contributed by atoms with E-state index in [1.54, 1.807) is 0 Å². The van der Waals surface area contributed by atoms with Crippen molar-refractivity contribution in [2.45, 2.75) is 44.8 Å². The molecule has 0 aromatic rings. The number of carbonyl (C=O) groups is 1. The lowest BCUT2D eigenvalue weighted by Crippen LogP contribution is -2.59. The second-order valence-electron chi connectivity index (χ2n) is 3.87. The van der Waals surface area contributed by atoms with Crippen LogP contribution in [0.4, 0.5) is 0 Å². The molecule has 1 aliphatic rings. The van der Waals surface area contributed by atoms with Crippen molar-refractivity contribution in [3.8, 4) is 0 Å². The molecule has 0 saturated heterocycles. The third-order valence-corrected chi connectivity index (χ3v) is 2.68. The van der Waals surface area contributed by atoms with E-state index in [9.17, 15) is 4.79 Å². The highest BCUT2D eigenvalue weighted by Crippen LogP contribution is 2.37. The van der Waals surface area contributed by atoms with E-state index in [2.05, 4.69) is 5.32 Å². The number of carboxylic acids is 1. The van der Waals surface area contributed by atoms with E-state index in [1.807, 2.05) is 13.8 Å². The van der Waals surface area contributed by atoms with Gasteiger partial charge >= 0.3 is 5.97 Å². The van der Waals surface area contributed by atoms with Gasteiger partial charge in [0.25, 0.3) is 0 Å². The predicted molar refractivity (Wildman–Crippen MR) is 53.3 cm³/mol. The van der Waals surface area contributed by atoms with E-state index >= 15 is 0 Å². The summed E-state index contributed by atoms with van der Waals surface area (Å²) in [4.78, 5) is 10.7. The fourth-order valence-corrected chi connectivity index (χ4v) is 2.18. The molecule has 4 nitrogen and oxygen atoms in total. The second kappa shape index (κ2) is 4.75. The van der Waals surface area contributed by atoms with Gasteiger partial charge in [-0.2, -0.15) is 0 Å². The molecular weight excluding hydrogens is 182 g/mol. The quantitative estimate of drug-likeness (QED) is 0.673. The average Bonchev–Trinajstić information content (AvgIpc) is 2.01. The minimum absolute atomic E-state index is 0.199. The highest BCUT2D eigenvalue weighted by Gasteiger charge is 2.45. The Morgan fingerprint density at radius 2 is 2.21 bits per heavy atom. The van der Waals surface area contributed by atoms with Gasteiger partial charge < -0.3 is 15.2 Å². The van der Waals surface area contributed by atoms with Gasteiger partial charge in [-0.3, -0.25) is 4.79 Å². The van der Waals surface area contributed by atoms with Crippen LogP contribution in [-0.2, 0) is 9.53 Å². The Hall–Kier alpha value is -0.610. The summed E-state index contributed by atoms with van der Waals surface area (Å²) in [5.74, 6) is -0.735. The second-order valence-corrected chi connectivity index (χ2v) is 3.87. The van der Waals surface area contributed by atoms with Gasteiger partial charge in [-0.1, -0.05) is 6.92 Å². The fourth-order valence-electron chi connectivity index (χ4n) is 2.18. The van der Waals surface area contributed by atoms with Crippen LogP contribution >= 0.6 is 0 Å². The van der Waals surface area contributed by atoms with Crippen LogP contribution in [0.5, 0.6) is 0 Å². The van der Waals surface area contributed by atoms with Crippen LogP contribution in [-0.4, -0.2) is 35.9 Å². The van der Waals surface area contributed by atoms with Crippen LogP contribution in [0.3, 0.4) is 0 Å². The molecule has 0 aliphatic heterocycles. The number of hydrogen-bond acceptors (Lipinski definition) is 3. The zero-order chi connectivity index (χ0) is 10.6. The molecule has 0 atom stereocenters. The van der Waals surface area contributed by atoms with Gasteiger partial charge in [-0.05, 0) is 26.3 Å². The summed E-state index contributed by atoms with van der Waals surface area (Å²) in [6, 6.07) is 0. The highest BCUT2D eigenvalue weighted by atomic mass is 16.5. The molecule has 2 N–H and O–H groups in total. The van der Waals surface area contributed by atoms with Crippen LogP contribution in [0.15, 0.2) is 0 Å². The molecule has 0 radical (unpaired) electrons. The Kier molecular flexibility index (Phi) is 3.89. The Morgan fingerprint density at radius 3 is 2.64 bits per heavy atom. The SMILES string of the molecule is CCNC1(CC(=O)O)CC(OCC)C1. The monoisotopic (exact) mass is 201 g/mol. The lowest BCUT2D eigenvalue weighted by Gasteiger charge is -2.47. The molecule has 82 valence electrons. The third kappa shape index (κ3) is 2.69. The van der Waals surface area contributed by atoms with Crippen molar-refractivity contribution < 1.29 is 14.6 Å². The Morgan fingerprint density at radius 1 is 1.57 bits per heavy atom. The van der Waals surface area contributed by atoms with Gasteiger partial charge in [0.05, 0.1) is 12.5 Å². The van der Waals surface area contributed by atoms with Crippen LogP contribution in [0.2, 0.25) is 0 Å². The first-order valence-electron chi connectivity index (χ1n) is 5.20. The van der Waals surface area contributed by atoms with E-state index < -0.39 is 5.97 Å². The summed E-state index contributed by atoms with van der Waals surface area (Å²) in [5, 5.41) is 12.0. The normalized spacial score (nSPS) is 31.1. The first-order valence-corrected chi connectivity index (χ1v) is 5.20. The summed E-state index contributed by atoms with van der Waals surface area (Å²) >= 11 is 0. The number of nitrogens with one attached hydrogen (secondary N) is 1. The molecule has 14 heavy (non-hydrogen) atoms. The molecule has 0 spiro atoms. The first-order chi connectivity index (χ1) is 6.62. The van der Waals surface area contributed by atoms with Crippen molar-refractivity contribution in [1.82, 2.24) is 5.32 Å². The lowest BCUT2D eigenvalue weighted by molar-refractivity contribution is -0.142. The molecule has 0 aromatic heterocycles. The maximum absolute atomic E-state index is 10.7. The molecular formula is C10H19NO3. The minimum atomic E-state index is -0.735. The van der Waals surface area contributed by atoms with Crippen LogP contribution in [0, 0.1) is 0 Å². The van der Waals surface area contributed by atoms with Gasteiger partial charge in [-0.15, -0.1) is 0 Å². The van der Waals surface area contributed by atoms with Crippen molar-refractivity contribution in [2.24, 2.45) is 0 Å². The van der Waals surface area contributed by atoms with Gasteiger partial charge in [0.1, 0.15) is 0 Å². The molecule has 0 bridgehead atoms. The summed E-state index contributed by atoms with van der Waals surface area (Å²) in [5.41, 5.74) is -0.208. The van der Waals surface area contributed by atoms with Crippen LogP contribution in [0.25, 0.3) is 0 Å².